The Hall–Kier alpha value is -3.09. The van der Waals surface area contributed by atoms with Gasteiger partial charge in [-0.15, -0.1) is 0 Å². The lowest BCUT2D eigenvalue weighted by Crippen LogP contribution is -2.22. The summed E-state index contributed by atoms with van der Waals surface area (Å²) in [4.78, 5) is 15.7. The highest BCUT2D eigenvalue weighted by molar-refractivity contribution is 5.93. The van der Waals surface area contributed by atoms with Gasteiger partial charge in [0.2, 0.25) is 0 Å². The lowest BCUT2D eigenvalue weighted by molar-refractivity contribution is 0.0950. The molecule has 0 spiro atoms. The average molecular weight is 315 g/mol. The summed E-state index contributed by atoms with van der Waals surface area (Å²) >= 11 is 0. The zero-order valence-corrected chi connectivity index (χ0v) is 11.8. The molecule has 7 heteroatoms. The number of hydrogen-bond acceptors (Lipinski definition) is 4. The highest BCUT2D eigenvalue weighted by Gasteiger charge is 2.13. The first kappa shape index (κ1) is 14.8. The van der Waals surface area contributed by atoms with Gasteiger partial charge in [-0.25, -0.2) is 8.78 Å². The molecule has 5 nitrogen and oxygen atoms in total. The Bertz CT molecular complexity index is 834. The Labute approximate surface area is 130 Å². The summed E-state index contributed by atoms with van der Waals surface area (Å²) in [6, 6.07) is 7.82. The second-order valence-corrected chi connectivity index (χ2v) is 4.73. The Morgan fingerprint density at radius 1 is 1.13 bits per heavy atom. The molecule has 0 bridgehead atoms. The maximum absolute atomic E-state index is 13.7. The predicted molar refractivity (Wildman–Crippen MR) is 77.3 cm³/mol. The smallest absolute Gasteiger partial charge is 0.251 e. The highest BCUT2D eigenvalue weighted by atomic mass is 19.1. The van der Waals surface area contributed by atoms with Crippen LogP contribution in [0.25, 0.3) is 11.3 Å². The minimum atomic E-state index is -0.742. The summed E-state index contributed by atoms with van der Waals surface area (Å²) in [7, 11) is 0. The van der Waals surface area contributed by atoms with Crippen LogP contribution in [0.5, 0.6) is 0 Å². The SMILES string of the molecule is O=C(NCc1cc(-c2ccc(F)cc2F)on1)c1ccncc1. The highest BCUT2D eigenvalue weighted by Crippen LogP contribution is 2.24. The van der Waals surface area contributed by atoms with Crippen LogP contribution in [-0.2, 0) is 6.54 Å². The van der Waals surface area contributed by atoms with Crippen LogP contribution in [0, 0.1) is 11.6 Å². The molecule has 3 aromatic rings. The van der Waals surface area contributed by atoms with Gasteiger partial charge >= 0.3 is 0 Å². The summed E-state index contributed by atoms with van der Waals surface area (Å²) in [5, 5.41) is 6.42. The summed E-state index contributed by atoms with van der Waals surface area (Å²) < 4.78 is 31.6. The van der Waals surface area contributed by atoms with E-state index < -0.39 is 11.6 Å². The monoisotopic (exact) mass is 315 g/mol. The molecule has 0 atom stereocenters. The number of carbonyl (C=O) groups is 1. The first-order valence-electron chi connectivity index (χ1n) is 6.73. The fraction of sp³-hybridized carbons (Fsp3) is 0.0625. The quantitative estimate of drug-likeness (QED) is 0.804. The van der Waals surface area contributed by atoms with Gasteiger partial charge in [-0.3, -0.25) is 9.78 Å². The third-order valence-electron chi connectivity index (χ3n) is 3.13. The van der Waals surface area contributed by atoms with Crippen LogP contribution in [0.4, 0.5) is 8.78 Å². The summed E-state index contributed by atoms with van der Waals surface area (Å²) in [6.45, 7) is 0.119. The van der Waals surface area contributed by atoms with Gasteiger partial charge in [-0.1, -0.05) is 5.16 Å². The zero-order valence-electron chi connectivity index (χ0n) is 11.8. The molecule has 1 amide bonds. The summed E-state index contributed by atoms with van der Waals surface area (Å²) in [6.07, 6.45) is 3.03. The fourth-order valence-electron chi connectivity index (χ4n) is 1.99. The molecule has 23 heavy (non-hydrogen) atoms. The molecule has 0 aliphatic heterocycles. The van der Waals surface area contributed by atoms with Crippen molar-refractivity contribution < 1.29 is 18.1 Å². The topological polar surface area (TPSA) is 68.0 Å². The largest absolute Gasteiger partial charge is 0.356 e. The van der Waals surface area contributed by atoms with Crippen LogP contribution in [0.15, 0.2) is 53.3 Å². The number of benzene rings is 1. The molecule has 0 saturated carbocycles. The van der Waals surface area contributed by atoms with Crippen LogP contribution in [0.3, 0.4) is 0 Å². The van der Waals surface area contributed by atoms with Crippen molar-refractivity contribution in [3.05, 3.63) is 71.7 Å². The third kappa shape index (κ3) is 3.39. The molecule has 1 aromatic carbocycles. The number of carbonyl (C=O) groups excluding carboxylic acids is 1. The van der Waals surface area contributed by atoms with Gasteiger partial charge in [0.15, 0.2) is 5.76 Å². The van der Waals surface area contributed by atoms with Crippen molar-refractivity contribution in [1.29, 1.82) is 0 Å². The second kappa shape index (κ2) is 6.35. The Morgan fingerprint density at radius 3 is 2.65 bits per heavy atom. The van der Waals surface area contributed by atoms with Crippen molar-refractivity contribution in [2.75, 3.05) is 0 Å². The van der Waals surface area contributed by atoms with Crippen LogP contribution >= 0.6 is 0 Å². The van der Waals surface area contributed by atoms with Gasteiger partial charge in [0.05, 0.1) is 12.1 Å². The van der Waals surface area contributed by atoms with Gasteiger partial charge < -0.3 is 9.84 Å². The Morgan fingerprint density at radius 2 is 1.91 bits per heavy atom. The zero-order chi connectivity index (χ0) is 16.2. The van der Waals surface area contributed by atoms with Gasteiger partial charge in [0.25, 0.3) is 5.91 Å². The van der Waals surface area contributed by atoms with Gasteiger partial charge in [0.1, 0.15) is 17.3 Å². The Kier molecular flexibility index (Phi) is 4.09. The average Bonchev–Trinajstić information content (AvgIpc) is 3.02. The number of halogens is 2. The van der Waals surface area contributed by atoms with E-state index in [1.54, 1.807) is 12.1 Å². The molecule has 3 rings (SSSR count). The maximum atomic E-state index is 13.7. The molecule has 0 unspecified atom stereocenters. The van der Waals surface area contributed by atoms with E-state index in [1.165, 1.54) is 24.5 Å². The van der Waals surface area contributed by atoms with Crippen molar-refractivity contribution in [3.8, 4) is 11.3 Å². The molecule has 2 heterocycles. The van der Waals surface area contributed by atoms with Crippen LogP contribution in [-0.4, -0.2) is 16.0 Å². The first-order chi connectivity index (χ1) is 11.1. The summed E-state index contributed by atoms with van der Waals surface area (Å²) in [5.41, 5.74) is 0.991. The number of aromatic nitrogens is 2. The van der Waals surface area contributed by atoms with E-state index in [4.69, 9.17) is 4.52 Å². The van der Waals surface area contributed by atoms with E-state index in [-0.39, 0.29) is 23.8 Å². The number of pyridine rings is 1. The number of amides is 1. The van der Waals surface area contributed by atoms with Gasteiger partial charge in [-0.2, -0.15) is 0 Å². The maximum Gasteiger partial charge on any atom is 0.251 e. The van der Waals surface area contributed by atoms with E-state index in [1.807, 2.05) is 0 Å². The molecule has 0 aliphatic rings. The van der Waals surface area contributed by atoms with Crippen molar-refractivity contribution in [2.45, 2.75) is 6.54 Å². The molecule has 0 saturated heterocycles. The molecular formula is C16H11F2N3O2. The number of hydrogen-bond donors (Lipinski definition) is 1. The molecular weight excluding hydrogens is 304 g/mol. The van der Waals surface area contributed by atoms with Crippen LogP contribution in [0.2, 0.25) is 0 Å². The lowest BCUT2D eigenvalue weighted by atomic mass is 10.1. The number of rotatable bonds is 4. The molecule has 1 N–H and O–H groups in total. The standard InChI is InChI=1S/C16H11F2N3O2/c17-11-1-2-13(14(18)7-11)15-8-12(21-23-15)9-20-16(22)10-3-5-19-6-4-10/h1-8H,9H2,(H,20,22). The molecule has 2 aromatic heterocycles. The van der Waals surface area contributed by atoms with E-state index in [0.29, 0.717) is 11.3 Å². The van der Waals surface area contributed by atoms with Gasteiger partial charge in [-0.05, 0) is 24.3 Å². The van der Waals surface area contributed by atoms with Crippen LogP contribution in [0.1, 0.15) is 16.1 Å². The predicted octanol–water partition coefficient (Wildman–Crippen LogP) is 2.94. The minimum absolute atomic E-state index is 0.102. The first-order valence-corrected chi connectivity index (χ1v) is 6.73. The van der Waals surface area contributed by atoms with E-state index >= 15 is 0 Å². The summed E-state index contributed by atoms with van der Waals surface area (Å²) in [5.74, 6) is -1.54. The van der Waals surface area contributed by atoms with Crippen molar-refractivity contribution >= 4 is 5.91 Å². The fourth-order valence-corrected chi connectivity index (χ4v) is 1.99. The minimum Gasteiger partial charge on any atom is -0.356 e. The number of nitrogens with zero attached hydrogens (tertiary/aromatic N) is 2. The normalized spacial score (nSPS) is 10.5. The number of nitrogens with one attached hydrogen (secondary N) is 1. The second-order valence-electron chi connectivity index (χ2n) is 4.73. The third-order valence-corrected chi connectivity index (χ3v) is 3.13. The van der Waals surface area contributed by atoms with E-state index in [9.17, 15) is 13.6 Å². The van der Waals surface area contributed by atoms with Crippen molar-refractivity contribution in [3.63, 3.8) is 0 Å². The van der Waals surface area contributed by atoms with Crippen molar-refractivity contribution in [1.82, 2.24) is 15.5 Å². The molecule has 0 radical (unpaired) electrons. The van der Waals surface area contributed by atoms with E-state index in [2.05, 4.69) is 15.5 Å². The van der Waals surface area contributed by atoms with E-state index in [0.717, 1.165) is 12.1 Å². The van der Waals surface area contributed by atoms with Crippen LogP contribution < -0.4 is 5.32 Å². The Balaban J connectivity index is 1.69. The van der Waals surface area contributed by atoms with Gasteiger partial charge in [0, 0.05) is 30.1 Å². The van der Waals surface area contributed by atoms with Crippen molar-refractivity contribution in [2.24, 2.45) is 0 Å². The molecule has 0 fully saturated rings. The molecule has 116 valence electrons. The lowest BCUT2D eigenvalue weighted by Gasteiger charge is -2.01. The molecule has 0 aliphatic carbocycles.